The molecule has 1 aromatic carbocycles. The zero-order chi connectivity index (χ0) is 21.7. The maximum Gasteiger partial charge on any atom is 0.417 e. The number of carbonyl (C=O) groups is 2. The van der Waals surface area contributed by atoms with Gasteiger partial charge in [0.2, 0.25) is 15.8 Å². The molecule has 0 aliphatic rings. The molecule has 0 aliphatic carbocycles. The van der Waals surface area contributed by atoms with Crippen molar-refractivity contribution >= 4 is 22.0 Å². The molecule has 0 unspecified atom stereocenters. The van der Waals surface area contributed by atoms with Crippen LogP contribution in [0.25, 0.3) is 0 Å². The Morgan fingerprint density at radius 3 is 2.48 bits per heavy atom. The topological polar surface area (TPSA) is 112 Å². The molecule has 0 fully saturated rings. The summed E-state index contributed by atoms with van der Waals surface area (Å²) in [7, 11) is -3.33. The predicted octanol–water partition coefficient (Wildman–Crippen LogP) is 2.50. The van der Waals surface area contributed by atoms with Gasteiger partial charge in [0.25, 0.3) is 0 Å². The third-order valence-corrected chi connectivity index (χ3v) is 5.05. The van der Waals surface area contributed by atoms with Gasteiger partial charge >= 0.3 is 18.1 Å². The van der Waals surface area contributed by atoms with E-state index >= 15 is 0 Å². The van der Waals surface area contributed by atoms with E-state index in [0.717, 1.165) is 18.2 Å². The maximum atomic E-state index is 13.0. The van der Waals surface area contributed by atoms with Crippen LogP contribution in [0.4, 0.5) is 13.2 Å². The minimum atomic E-state index is -4.85. The Kier molecular flexibility index (Phi) is 7.03. The van der Waals surface area contributed by atoms with Gasteiger partial charge in [-0.05, 0) is 24.3 Å². The molecule has 0 atom stereocenters. The maximum absolute atomic E-state index is 13.0. The molecule has 29 heavy (non-hydrogen) atoms. The van der Waals surface area contributed by atoms with E-state index in [0.29, 0.717) is 6.07 Å². The number of methoxy groups -OCH3 is 1. The molecule has 158 valence electrons. The summed E-state index contributed by atoms with van der Waals surface area (Å²) >= 11 is 0. The highest BCUT2D eigenvalue weighted by molar-refractivity contribution is 7.89. The van der Waals surface area contributed by atoms with Crippen molar-refractivity contribution in [2.45, 2.75) is 24.1 Å². The molecule has 0 radical (unpaired) electrons. The van der Waals surface area contributed by atoms with Gasteiger partial charge in [0, 0.05) is 6.54 Å². The highest BCUT2D eigenvalue weighted by Crippen LogP contribution is 2.33. The van der Waals surface area contributed by atoms with Crippen LogP contribution < -0.4 is 4.72 Å². The van der Waals surface area contributed by atoms with Crippen LogP contribution in [0, 0.1) is 0 Å². The summed E-state index contributed by atoms with van der Waals surface area (Å²) in [5, 5.41) is 0. The van der Waals surface area contributed by atoms with Crippen molar-refractivity contribution in [1.29, 1.82) is 0 Å². The molecular weight excluding hydrogens is 419 g/mol. The molecule has 1 heterocycles. The van der Waals surface area contributed by atoms with E-state index in [2.05, 4.69) is 4.74 Å². The van der Waals surface area contributed by atoms with E-state index in [1.165, 1.54) is 19.2 Å². The normalized spacial score (nSPS) is 11.9. The molecule has 2 rings (SSSR count). The number of alkyl halides is 3. The first-order valence-electron chi connectivity index (χ1n) is 8.03. The first kappa shape index (κ1) is 22.4. The zero-order valence-electron chi connectivity index (χ0n) is 15.0. The Balaban J connectivity index is 1.88. The molecular formula is C17H16F3NO7S. The predicted molar refractivity (Wildman–Crippen MR) is 91.1 cm³/mol. The molecule has 0 amide bonds. The Morgan fingerprint density at radius 1 is 1.14 bits per heavy atom. The fourth-order valence-corrected chi connectivity index (χ4v) is 3.45. The summed E-state index contributed by atoms with van der Waals surface area (Å²) in [6.45, 7) is -0.793. The van der Waals surface area contributed by atoms with Gasteiger partial charge in [0.05, 0.1) is 24.0 Å². The monoisotopic (exact) mass is 435 g/mol. The lowest BCUT2D eigenvalue weighted by molar-refractivity contribution is -0.145. The van der Waals surface area contributed by atoms with Gasteiger partial charge in [0.1, 0.15) is 12.4 Å². The van der Waals surface area contributed by atoms with E-state index in [4.69, 9.17) is 9.15 Å². The smallest absolute Gasteiger partial charge is 0.417 e. The number of halogens is 3. The van der Waals surface area contributed by atoms with Crippen molar-refractivity contribution in [2.24, 2.45) is 0 Å². The summed E-state index contributed by atoms with van der Waals surface area (Å²) in [5.74, 6) is -1.47. The number of nitrogens with one attached hydrogen (secondary N) is 1. The van der Waals surface area contributed by atoms with Crippen molar-refractivity contribution in [2.75, 3.05) is 13.7 Å². The van der Waals surface area contributed by atoms with Crippen molar-refractivity contribution in [3.63, 3.8) is 0 Å². The first-order chi connectivity index (χ1) is 13.5. The molecule has 1 N–H and O–H groups in total. The highest BCUT2D eigenvalue weighted by Gasteiger charge is 2.36. The minimum Gasteiger partial charge on any atom is -0.463 e. The largest absolute Gasteiger partial charge is 0.463 e. The average Bonchev–Trinajstić information content (AvgIpc) is 3.14. The van der Waals surface area contributed by atoms with E-state index in [-0.39, 0.29) is 18.1 Å². The summed E-state index contributed by atoms with van der Waals surface area (Å²) in [6.07, 6.45) is -5.28. The Labute approximate surface area is 163 Å². The lowest BCUT2D eigenvalue weighted by Crippen LogP contribution is -2.28. The van der Waals surface area contributed by atoms with Gasteiger partial charge in [0.15, 0.2) is 0 Å². The summed E-state index contributed by atoms with van der Waals surface area (Å²) in [4.78, 5) is 22.0. The number of carbonyl (C=O) groups excluding carboxylic acids is 2. The average molecular weight is 435 g/mol. The second-order valence-electron chi connectivity index (χ2n) is 5.56. The highest BCUT2D eigenvalue weighted by atomic mass is 32.2. The van der Waals surface area contributed by atoms with Crippen LogP contribution in [-0.4, -0.2) is 34.0 Å². The molecule has 0 saturated heterocycles. The third-order valence-electron chi connectivity index (χ3n) is 3.53. The van der Waals surface area contributed by atoms with Crippen LogP contribution in [0.1, 0.15) is 28.3 Å². The quantitative estimate of drug-likeness (QED) is 0.634. The van der Waals surface area contributed by atoms with Crippen LogP contribution in [0.5, 0.6) is 0 Å². The Morgan fingerprint density at radius 2 is 1.83 bits per heavy atom. The Bertz CT molecular complexity index is 983. The number of furan rings is 1. The number of hydrogen-bond acceptors (Lipinski definition) is 7. The van der Waals surface area contributed by atoms with Crippen LogP contribution in [0.15, 0.2) is 45.7 Å². The molecule has 0 aliphatic heterocycles. The molecule has 2 aromatic rings. The minimum absolute atomic E-state index is 0.0883. The van der Waals surface area contributed by atoms with Crippen LogP contribution >= 0.6 is 0 Å². The van der Waals surface area contributed by atoms with E-state index in [9.17, 15) is 31.2 Å². The number of hydrogen-bond donors (Lipinski definition) is 1. The SMILES string of the molecule is COC(=O)c1ccc(COC(=O)CCNS(=O)(=O)c2ccccc2C(F)(F)F)o1. The van der Waals surface area contributed by atoms with Crippen molar-refractivity contribution < 1.29 is 45.1 Å². The summed E-state index contributed by atoms with van der Waals surface area (Å²) < 4.78 is 79.5. The number of sulfonamides is 1. The van der Waals surface area contributed by atoms with Gasteiger partial charge < -0.3 is 13.9 Å². The van der Waals surface area contributed by atoms with E-state index < -0.39 is 51.6 Å². The molecule has 0 spiro atoms. The van der Waals surface area contributed by atoms with E-state index in [1.807, 2.05) is 4.72 Å². The third kappa shape index (κ3) is 6.06. The van der Waals surface area contributed by atoms with Gasteiger partial charge in [-0.15, -0.1) is 0 Å². The molecule has 12 heteroatoms. The van der Waals surface area contributed by atoms with E-state index in [1.54, 1.807) is 0 Å². The molecule has 0 saturated carbocycles. The number of rotatable bonds is 8. The van der Waals surface area contributed by atoms with Crippen LogP contribution in [-0.2, 0) is 37.1 Å². The zero-order valence-corrected chi connectivity index (χ0v) is 15.8. The lowest BCUT2D eigenvalue weighted by Gasteiger charge is -2.13. The Hall–Kier alpha value is -2.86. The van der Waals surface area contributed by atoms with Gasteiger partial charge in [-0.25, -0.2) is 17.9 Å². The van der Waals surface area contributed by atoms with Crippen LogP contribution in [0.3, 0.4) is 0 Å². The fourth-order valence-electron chi connectivity index (χ4n) is 2.19. The molecule has 1 aromatic heterocycles. The number of benzene rings is 1. The van der Waals surface area contributed by atoms with Crippen molar-refractivity contribution in [1.82, 2.24) is 4.72 Å². The first-order valence-corrected chi connectivity index (χ1v) is 9.51. The fraction of sp³-hybridized carbons (Fsp3) is 0.294. The van der Waals surface area contributed by atoms with Gasteiger partial charge in [-0.1, -0.05) is 12.1 Å². The van der Waals surface area contributed by atoms with Gasteiger partial charge in [-0.3, -0.25) is 4.79 Å². The summed E-state index contributed by atoms with van der Waals surface area (Å²) in [5.41, 5.74) is -1.31. The van der Waals surface area contributed by atoms with Crippen molar-refractivity contribution in [3.8, 4) is 0 Å². The lowest BCUT2D eigenvalue weighted by atomic mass is 10.2. The van der Waals surface area contributed by atoms with Gasteiger partial charge in [-0.2, -0.15) is 13.2 Å². The van der Waals surface area contributed by atoms with Crippen LogP contribution in [0.2, 0.25) is 0 Å². The second-order valence-corrected chi connectivity index (χ2v) is 7.30. The number of ether oxygens (including phenoxy) is 2. The summed E-state index contributed by atoms with van der Waals surface area (Å²) in [6, 6.07) is 6.40. The standard InChI is InChI=1S/C17H16F3NO7S/c1-26-16(23)13-7-6-11(28-13)10-27-15(22)8-9-21-29(24,25)14-5-3-2-4-12(14)17(18,19)20/h2-7,21H,8-10H2,1H3. The van der Waals surface area contributed by atoms with Crippen molar-refractivity contribution in [3.05, 3.63) is 53.5 Å². The second kappa shape index (κ2) is 9.09. The molecule has 8 nitrogen and oxygen atoms in total. The molecule has 0 bridgehead atoms. The number of esters is 2.